The van der Waals surface area contributed by atoms with Crippen molar-refractivity contribution in [2.24, 2.45) is 0 Å². The summed E-state index contributed by atoms with van der Waals surface area (Å²) in [5, 5.41) is 2.08. The molecule has 7 heteroatoms. The second-order valence-electron chi connectivity index (χ2n) is 8.01. The zero-order valence-electron chi connectivity index (χ0n) is 19.4. The highest BCUT2D eigenvalue weighted by Crippen LogP contribution is 2.38. The normalized spacial score (nSPS) is 14.8. The first-order valence-corrected chi connectivity index (χ1v) is 12.0. The van der Waals surface area contributed by atoms with Crippen LogP contribution < -0.4 is 9.47 Å². The van der Waals surface area contributed by atoms with Gasteiger partial charge in [-0.2, -0.15) is 0 Å². The van der Waals surface area contributed by atoms with E-state index < -0.39 is 0 Å². The topological polar surface area (TPSA) is 59.1 Å². The quantitative estimate of drug-likeness (QED) is 0.447. The first-order valence-electron chi connectivity index (χ1n) is 11.1. The van der Waals surface area contributed by atoms with Crippen molar-refractivity contribution in [1.82, 2.24) is 9.80 Å². The molecule has 0 fully saturated rings. The summed E-state index contributed by atoms with van der Waals surface area (Å²) in [7, 11) is 3.21. The van der Waals surface area contributed by atoms with Gasteiger partial charge in [-0.15, -0.1) is 17.9 Å². The number of methoxy groups -OCH3 is 2. The zero-order chi connectivity index (χ0) is 24.1. The first kappa shape index (κ1) is 23.6. The van der Waals surface area contributed by atoms with Crippen LogP contribution in [0.3, 0.4) is 0 Å². The molecule has 1 aliphatic rings. The van der Waals surface area contributed by atoms with Crippen LogP contribution >= 0.6 is 11.3 Å². The number of hydrogen-bond acceptors (Lipinski definition) is 5. The van der Waals surface area contributed by atoms with Gasteiger partial charge in [0.05, 0.1) is 20.3 Å². The Hall–Kier alpha value is -3.58. The Balaban J connectivity index is 1.59. The van der Waals surface area contributed by atoms with E-state index in [9.17, 15) is 9.59 Å². The third kappa shape index (κ3) is 4.84. The summed E-state index contributed by atoms with van der Waals surface area (Å²) in [6, 6.07) is 16.6. The lowest BCUT2D eigenvalue weighted by Crippen LogP contribution is -2.46. The van der Waals surface area contributed by atoms with Crippen molar-refractivity contribution in [3.05, 3.63) is 94.2 Å². The molecule has 6 nitrogen and oxygen atoms in total. The van der Waals surface area contributed by atoms with Crippen LogP contribution in [0.4, 0.5) is 0 Å². The molecule has 0 radical (unpaired) electrons. The van der Waals surface area contributed by atoms with Crippen LogP contribution in [0.15, 0.2) is 72.6 Å². The van der Waals surface area contributed by atoms with Crippen molar-refractivity contribution >= 4 is 23.2 Å². The Kier molecular flexibility index (Phi) is 7.33. The minimum absolute atomic E-state index is 0.0248. The summed E-state index contributed by atoms with van der Waals surface area (Å²) in [6.45, 7) is 4.63. The van der Waals surface area contributed by atoms with Crippen molar-refractivity contribution in [3.63, 3.8) is 0 Å². The molecule has 1 atom stereocenters. The summed E-state index contributed by atoms with van der Waals surface area (Å²) in [5.74, 6) is 1.13. The lowest BCUT2D eigenvalue weighted by atomic mass is 9.93. The lowest BCUT2D eigenvalue weighted by Gasteiger charge is -2.37. The van der Waals surface area contributed by atoms with Crippen LogP contribution in [-0.2, 0) is 11.2 Å². The molecule has 0 saturated heterocycles. The molecule has 1 unspecified atom stereocenters. The number of fused-ring (bicyclic) bond motifs is 1. The van der Waals surface area contributed by atoms with Gasteiger partial charge in [-0.1, -0.05) is 18.2 Å². The Morgan fingerprint density at radius 3 is 2.32 bits per heavy atom. The fourth-order valence-electron chi connectivity index (χ4n) is 4.28. The number of rotatable bonds is 8. The maximum absolute atomic E-state index is 13.6. The molecule has 2 amide bonds. The second kappa shape index (κ2) is 10.6. The molecule has 1 aromatic heterocycles. The molecule has 176 valence electrons. The van der Waals surface area contributed by atoms with Crippen molar-refractivity contribution in [2.45, 2.75) is 12.5 Å². The van der Waals surface area contributed by atoms with Crippen LogP contribution in [-0.4, -0.2) is 55.5 Å². The molecule has 4 rings (SSSR count). The molecule has 3 aromatic rings. The van der Waals surface area contributed by atoms with E-state index in [0.717, 1.165) is 23.3 Å². The molecule has 0 N–H and O–H groups in total. The van der Waals surface area contributed by atoms with Crippen LogP contribution in [0.2, 0.25) is 0 Å². The highest BCUT2D eigenvalue weighted by atomic mass is 32.1. The van der Waals surface area contributed by atoms with E-state index in [1.807, 2.05) is 29.2 Å². The summed E-state index contributed by atoms with van der Waals surface area (Å²) in [6.07, 6.45) is 2.45. The van der Waals surface area contributed by atoms with Crippen LogP contribution in [0.5, 0.6) is 11.5 Å². The smallest absolute Gasteiger partial charge is 0.254 e. The fourth-order valence-corrected chi connectivity index (χ4v) is 5.18. The minimum atomic E-state index is -0.217. The van der Waals surface area contributed by atoms with Gasteiger partial charge in [0.25, 0.3) is 5.91 Å². The van der Waals surface area contributed by atoms with Crippen LogP contribution in [0.25, 0.3) is 0 Å². The van der Waals surface area contributed by atoms with Gasteiger partial charge in [-0.3, -0.25) is 9.59 Å². The predicted molar refractivity (Wildman–Crippen MR) is 134 cm³/mol. The Morgan fingerprint density at radius 2 is 1.71 bits per heavy atom. The Labute approximate surface area is 204 Å². The van der Waals surface area contributed by atoms with Gasteiger partial charge in [0.2, 0.25) is 5.91 Å². The van der Waals surface area contributed by atoms with Crippen molar-refractivity contribution < 1.29 is 19.1 Å². The Bertz CT molecular complexity index is 1150. The molecule has 0 aliphatic carbocycles. The average Bonchev–Trinajstić information content (AvgIpc) is 3.36. The highest BCUT2D eigenvalue weighted by Gasteiger charge is 2.34. The first-order chi connectivity index (χ1) is 16.5. The van der Waals surface area contributed by atoms with Gasteiger partial charge < -0.3 is 19.3 Å². The number of carbonyl (C=O) groups is 2. The third-order valence-corrected chi connectivity index (χ3v) is 7.01. The maximum atomic E-state index is 13.6. The van der Waals surface area contributed by atoms with E-state index in [1.54, 1.807) is 55.9 Å². The van der Waals surface area contributed by atoms with Gasteiger partial charge >= 0.3 is 0 Å². The number of nitrogens with zero attached hydrogens (tertiary/aromatic N) is 2. The molecule has 2 heterocycles. The SMILES string of the molecule is C=CCN(CC(=O)N1CCc2sccc2C1c1ccc(OC)cc1)C(=O)c1ccc(OC)cc1. The van der Waals surface area contributed by atoms with E-state index in [-0.39, 0.29) is 30.9 Å². The van der Waals surface area contributed by atoms with E-state index in [2.05, 4.69) is 18.0 Å². The van der Waals surface area contributed by atoms with Gasteiger partial charge in [-0.25, -0.2) is 0 Å². The minimum Gasteiger partial charge on any atom is -0.497 e. The van der Waals surface area contributed by atoms with Gasteiger partial charge in [0.15, 0.2) is 0 Å². The number of carbonyl (C=O) groups excluding carboxylic acids is 2. The van der Waals surface area contributed by atoms with Crippen molar-refractivity contribution in [1.29, 1.82) is 0 Å². The lowest BCUT2D eigenvalue weighted by molar-refractivity contribution is -0.133. The van der Waals surface area contributed by atoms with E-state index in [0.29, 0.717) is 17.9 Å². The Morgan fingerprint density at radius 1 is 1.06 bits per heavy atom. The van der Waals surface area contributed by atoms with Gasteiger partial charge in [0, 0.05) is 23.5 Å². The predicted octanol–water partition coefficient (Wildman–Crippen LogP) is 4.57. The molecule has 1 aliphatic heterocycles. The molecule has 2 aromatic carbocycles. The summed E-state index contributed by atoms with van der Waals surface area (Å²) >= 11 is 1.72. The third-order valence-electron chi connectivity index (χ3n) is 6.02. The second-order valence-corrected chi connectivity index (χ2v) is 9.02. The standard InChI is InChI=1S/C27H28N2O4S/c1-4-15-28(27(31)20-7-11-22(33-3)12-8-20)18-25(30)29-16-13-24-23(14-17-34-24)26(29)19-5-9-21(32-2)10-6-19/h4-12,14,17,26H,1,13,15-16,18H2,2-3H3. The highest BCUT2D eigenvalue weighted by molar-refractivity contribution is 7.10. The average molecular weight is 477 g/mol. The fraction of sp³-hybridized carbons (Fsp3) is 0.259. The van der Waals surface area contributed by atoms with E-state index >= 15 is 0 Å². The molecule has 0 bridgehead atoms. The summed E-state index contributed by atoms with van der Waals surface area (Å²) in [4.78, 5) is 31.5. The number of benzene rings is 2. The number of hydrogen-bond donors (Lipinski definition) is 0. The van der Waals surface area contributed by atoms with Crippen LogP contribution in [0.1, 0.15) is 32.4 Å². The van der Waals surface area contributed by atoms with Crippen molar-refractivity contribution in [2.75, 3.05) is 33.9 Å². The van der Waals surface area contributed by atoms with Gasteiger partial charge in [-0.05, 0) is 65.4 Å². The molecule has 0 saturated carbocycles. The number of ether oxygens (including phenoxy) is 2. The van der Waals surface area contributed by atoms with E-state index in [1.165, 1.54) is 9.78 Å². The molecular weight excluding hydrogens is 448 g/mol. The summed E-state index contributed by atoms with van der Waals surface area (Å²) < 4.78 is 10.5. The molecule has 34 heavy (non-hydrogen) atoms. The largest absolute Gasteiger partial charge is 0.497 e. The molecular formula is C27H28N2O4S. The summed E-state index contributed by atoms with van der Waals surface area (Å²) in [5.41, 5.74) is 2.66. The maximum Gasteiger partial charge on any atom is 0.254 e. The number of thiophene rings is 1. The molecule has 0 spiro atoms. The number of amides is 2. The van der Waals surface area contributed by atoms with Gasteiger partial charge in [0.1, 0.15) is 18.0 Å². The van der Waals surface area contributed by atoms with Crippen molar-refractivity contribution in [3.8, 4) is 11.5 Å². The zero-order valence-corrected chi connectivity index (χ0v) is 20.2. The monoisotopic (exact) mass is 476 g/mol. The van der Waals surface area contributed by atoms with Crippen LogP contribution in [0, 0.1) is 0 Å². The van der Waals surface area contributed by atoms with E-state index in [4.69, 9.17) is 9.47 Å².